The quantitative estimate of drug-likeness (QED) is 0.664. The van der Waals surface area contributed by atoms with E-state index in [4.69, 9.17) is 0 Å². The van der Waals surface area contributed by atoms with Crippen LogP contribution in [-0.2, 0) is 6.54 Å². The maximum absolute atomic E-state index is 4.50. The highest BCUT2D eigenvalue weighted by molar-refractivity contribution is 14.1. The largest absolute Gasteiger partial charge is 0.322 e. The third kappa shape index (κ3) is 2.12. The van der Waals surface area contributed by atoms with Gasteiger partial charge in [-0.2, -0.15) is 0 Å². The van der Waals surface area contributed by atoms with Crippen LogP contribution in [0.5, 0.6) is 0 Å². The van der Waals surface area contributed by atoms with Gasteiger partial charge in [-0.3, -0.25) is 0 Å². The summed E-state index contributed by atoms with van der Waals surface area (Å²) in [5, 5.41) is 0. The smallest absolute Gasteiger partial charge is 0.177 e. The zero-order valence-corrected chi connectivity index (χ0v) is 12.1. The topological polar surface area (TPSA) is 30.7 Å². The van der Waals surface area contributed by atoms with Crippen LogP contribution in [0.3, 0.4) is 0 Å². The van der Waals surface area contributed by atoms with Crippen LogP contribution in [0.25, 0.3) is 11.2 Å². The lowest BCUT2D eigenvalue weighted by Crippen LogP contribution is -2.01. The van der Waals surface area contributed by atoms with Crippen LogP contribution in [0.2, 0.25) is 0 Å². The molecule has 0 saturated heterocycles. The first kappa shape index (κ1) is 11.6. The molecule has 18 heavy (non-hydrogen) atoms. The second kappa shape index (κ2) is 4.68. The third-order valence-electron chi connectivity index (χ3n) is 2.95. The molecule has 0 unspecified atom stereocenters. The van der Waals surface area contributed by atoms with Gasteiger partial charge in [0.05, 0.1) is 5.52 Å². The Kier molecular flexibility index (Phi) is 3.03. The molecule has 0 atom stereocenters. The molecule has 3 aromatic rings. The van der Waals surface area contributed by atoms with Crippen LogP contribution in [-0.4, -0.2) is 14.5 Å². The molecule has 3 rings (SSSR count). The molecule has 2 heterocycles. The highest BCUT2D eigenvalue weighted by Crippen LogP contribution is 2.18. The molecule has 0 N–H and O–H groups in total. The summed E-state index contributed by atoms with van der Waals surface area (Å²) in [7, 11) is 0. The fourth-order valence-corrected chi connectivity index (χ4v) is 2.49. The maximum Gasteiger partial charge on any atom is 0.177 e. The van der Waals surface area contributed by atoms with Crippen LogP contribution in [0, 0.1) is 10.5 Å². The summed E-state index contributed by atoms with van der Waals surface area (Å²) >= 11 is 2.28. The molecule has 3 nitrogen and oxygen atoms in total. The van der Waals surface area contributed by atoms with Crippen molar-refractivity contribution in [1.82, 2.24) is 14.5 Å². The number of hydrogen-bond acceptors (Lipinski definition) is 2. The van der Waals surface area contributed by atoms with E-state index in [0.717, 1.165) is 27.1 Å². The number of rotatable bonds is 2. The molecule has 0 spiro atoms. The van der Waals surface area contributed by atoms with Gasteiger partial charge in [-0.05, 0) is 41.1 Å². The van der Waals surface area contributed by atoms with Crippen molar-refractivity contribution in [2.75, 3.05) is 0 Å². The van der Waals surface area contributed by atoms with E-state index in [0.29, 0.717) is 0 Å². The lowest BCUT2D eigenvalue weighted by molar-refractivity contribution is 0.786. The number of imidazole rings is 1. The van der Waals surface area contributed by atoms with Gasteiger partial charge in [0.15, 0.2) is 5.65 Å². The zero-order chi connectivity index (χ0) is 12.5. The number of halogens is 1. The average molecular weight is 349 g/mol. The minimum atomic E-state index is 0.823. The normalized spacial score (nSPS) is 11.0. The highest BCUT2D eigenvalue weighted by Gasteiger charge is 2.09. The van der Waals surface area contributed by atoms with Crippen molar-refractivity contribution in [3.8, 4) is 0 Å². The summed E-state index contributed by atoms with van der Waals surface area (Å²) in [5.74, 6) is 1.00. The Labute approximate surface area is 119 Å². The van der Waals surface area contributed by atoms with Crippen molar-refractivity contribution >= 4 is 33.8 Å². The predicted molar refractivity (Wildman–Crippen MR) is 80.5 cm³/mol. The molecule has 2 aromatic heterocycles. The number of pyridine rings is 1. The van der Waals surface area contributed by atoms with Crippen LogP contribution in [0.4, 0.5) is 0 Å². The average Bonchev–Trinajstić information content (AvgIpc) is 2.67. The molecule has 0 amide bonds. The van der Waals surface area contributed by atoms with Gasteiger partial charge in [-0.25, -0.2) is 9.97 Å². The van der Waals surface area contributed by atoms with Gasteiger partial charge in [0.1, 0.15) is 5.82 Å². The van der Waals surface area contributed by atoms with Gasteiger partial charge < -0.3 is 4.57 Å². The van der Waals surface area contributed by atoms with E-state index in [1.165, 1.54) is 5.56 Å². The number of aromatic nitrogens is 3. The first-order chi connectivity index (χ1) is 8.74. The third-order valence-corrected chi connectivity index (χ3v) is 3.54. The summed E-state index contributed by atoms with van der Waals surface area (Å²) < 4.78 is 3.34. The number of benzene rings is 1. The van der Waals surface area contributed by atoms with E-state index in [-0.39, 0.29) is 0 Å². The van der Waals surface area contributed by atoms with Gasteiger partial charge in [-0.15, -0.1) is 0 Å². The predicted octanol–water partition coefficient (Wildman–Crippen LogP) is 3.39. The van der Waals surface area contributed by atoms with Gasteiger partial charge in [0, 0.05) is 16.3 Å². The molecule has 0 aliphatic rings. The number of nitrogens with zero attached hydrogens (tertiary/aromatic N) is 3. The molecule has 0 radical (unpaired) electrons. The first-order valence-electron chi connectivity index (χ1n) is 5.76. The second-order valence-electron chi connectivity index (χ2n) is 4.23. The first-order valence-corrected chi connectivity index (χ1v) is 6.84. The lowest BCUT2D eigenvalue weighted by atomic mass is 10.2. The Morgan fingerprint density at radius 1 is 1.22 bits per heavy atom. The number of fused-ring (bicyclic) bond motifs is 1. The minimum absolute atomic E-state index is 0.823. The maximum atomic E-state index is 4.50. The molecule has 0 bridgehead atoms. The summed E-state index contributed by atoms with van der Waals surface area (Å²) in [5.41, 5.74) is 3.20. The van der Waals surface area contributed by atoms with Crippen LogP contribution >= 0.6 is 22.6 Å². The number of aryl methyl sites for hydroxylation is 1. The Balaban J connectivity index is 2.11. The fraction of sp³-hybridized carbons (Fsp3) is 0.143. The van der Waals surface area contributed by atoms with Crippen molar-refractivity contribution in [3.05, 3.63) is 57.6 Å². The summed E-state index contributed by atoms with van der Waals surface area (Å²) in [6, 6.07) is 12.6. The minimum Gasteiger partial charge on any atom is -0.322 e. The molecule has 0 saturated carbocycles. The molecular formula is C14H12IN3. The zero-order valence-electron chi connectivity index (χ0n) is 9.97. The SMILES string of the molecule is Cc1nc2ncc(I)cc2n1Cc1ccccc1. The van der Waals surface area contributed by atoms with Crippen molar-refractivity contribution in [3.63, 3.8) is 0 Å². The van der Waals surface area contributed by atoms with Crippen molar-refractivity contribution in [2.24, 2.45) is 0 Å². The van der Waals surface area contributed by atoms with Crippen molar-refractivity contribution < 1.29 is 0 Å². The Hall–Kier alpha value is -1.43. The van der Waals surface area contributed by atoms with Gasteiger partial charge >= 0.3 is 0 Å². The van der Waals surface area contributed by atoms with E-state index in [1.54, 1.807) is 0 Å². The van der Waals surface area contributed by atoms with Gasteiger partial charge in [-0.1, -0.05) is 30.3 Å². The van der Waals surface area contributed by atoms with E-state index >= 15 is 0 Å². The molecular weight excluding hydrogens is 337 g/mol. The summed E-state index contributed by atoms with van der Waals surface area (Å²) in [6.45, 7) is 2.86. The molecule has 90 valence electrons. The van der Waals surface area contributed by atoms with E-state index in [2.05, 4.69) is 67.5 Å². The van der Waals surface area contributed by atoms with E-state index < -0.39 is 0 Å². The van der Waals surface area contributed by atoms with Crippen LogP contribution in [0.1, 0.15) is 11.4 Å². The monoisotopic (exact) mass is 349 g/mol. The molecule has 0 aliphatic heterocycles. The molecule has 0 fully saturated rings. The molecule has 4 heteroatoms. The fourth-order valence-electron chi connectivity index (χ4n) is 2.06. The van der Waals surface area contributed by atoms with Gasteiger partial charge in [0.25, 0.3) is 0 Å². The Morgan fingerprint density at radius 3 is 2.78 bits per heavy atom. The van der Waals surface area contributed by atoms with Crippen LogP contribution < -0.4 is 0 Å². The van der Waals surface area contributed by atoms with E-state index in [1.807, 2.05) is 19.2 Å². The highest BCUT2D eigenvalue weighted by atomic mass is 127. The molecule has 1 aromatic carbocycles. The van der Waals surface area contributed by atoms with Crippen LogP contribution in [0.15, 0.2) is 42.6 Å². The standard InChI is InChI=1S/C14H12IN3/c1-10-17-14-13(7-12(15)8-16-14)18(10)9-11-5-3-2-4-6-11/h2-8H,9H2,1H3. The van der Waals surface area contributed by atoms with Crippen molar-refractivity contribution in [1.29, 1.82) is 0 Å². The lowest BCUT2D eigenvalue weighted by Gasteiger charge is -2.06. The Bertz CT molecular complexity index is 689. The molecule has 0 aliphatic carbocycles. The summed E-state index contributed by atoms with van der Waals surface area (Å²) in [6.07, 6.45) is 1.85. The van der Waals surface area contributed by atoms with E-state index in [9.17, 15) is 0 Å². The van der Waals surface area contributed by atoms with Crippen molar-refractivity contribution in [2.45, 2.75) is 13.5 Å². The second-order valence-corrected chi connectivity index (χ2v) is 5.47. The summed E-state index contributed by atoms with van der Waals surface area (Å²) in [4.78, 5) is 8.86. The Morgan fingerprint density at radius 2 is 2.00 bits per heavy atom. The van der Waals surface area contributed by atoms with Gasteiger partial charge in [0.2, 0.25) is 0 Å². The number of hydrogen-bond donors (Lipinski definition) is 0.